The molecule has 2 rings (SSSR count). The molecule has 1 aliphatic rings. The maximum Gasteiger partial charge on any atom is 0.339 e. The van der Waals surface area contributed by atoms with Crippen LogP contribution in [-0.2, 0) is 6.54 Å². The minimum Gasteiger partial charge on any atom is -0.478 e. The topological polar surface area (TPSA) is 53.7 Å². The number of furan rings is 1. The first-order chi connectivity index (χ1) is 9.27. The third-order valence-corrected chi connectivity index (χ3v) is 4.39. The molecule has 1 aromatic rings. The van der Waals surface area contributed by atoms with E-state index >= 15 is 0 Å². The van der Waals surface area contributed by atoms with Crippen molar-refractivity contribution in [1.82, 2.24) is 4.90 Å². The van der Waals surface area contributed by atoms with E-state index in [-0.39, 0.29) is 5.56 Å². The lowest BCUT2D eigenvalue weighted by atomic mass is 9.75. The minimum absolute atomic E-state index is 0.282. The fourth-order valence-electron chi connectivity index (χ4n) is 3.01. The van der Waals surface area contributed by atoms with Crippen molar-refractivity contribution in [3.05, 3.63) is 23.2 Å². The van der Waals surface area contributed by atoms with E-state index in [0.29, 0.717) is 17.7 Å². The summed E-state index contributed by atoms with van der Waals surface area (Å²) in [6.45, 7) is 11.5. The Morgan fingerprint density at radius 1 is 1.40 bits per heavy atom. The molecule has 0 radical (unpaired) electrons. The molecule has 0 aromatic carbocycles. The molecule has 0 spiro atoms. The van der Waals surface area contributed by atoms with E-state index < -0.39 is 5.97 Å². The van der Waals surface area contributed by atoms with Crippen LogP contribution in [0.2, 0.25) is 0 Å². The van der Waals surface area contributed by atoms with E-state index in [1.54, 1.807) is 13.0 Å². The summed E-state index contributed by atoms with van der Waals surface area (Å²) in [6, 6.07) is 1.66. The fraction of sp³-hybridized carbons (Fsp3) is 0.688. The Morgan fingerprint density at radius 2 is 2.00 bits per heavy atom. The average Bonchev–Trinajstić information content (AvgIpc) is 2.70. The summed E-state index contributed by atoms with van der Waals surface area (Å²) in [7, 11) is 0. The van der Waals surface area contributed by atoms with Crippen molar-refractivity contribution in [2.45, 2.75) is 47.1 Å². The van der Waals surface area contributed by atoms with E-state index in [9.17, 15) is 4.79 Å². The largest absolute Gasteiger partial charge is 0.478 e. The van der Waals surface area contributed by atoms with Crippen LogP contribution >= 0.6 is 0 Å². The van der Waals surface area contributed by atoms with Crippen LogP contribution in [-0.4, -0.2) is 29.1 Å². The van der Waals surface area contributed by atoms with E-state index in [2.05, 4.69) is 25.7 Å². The number of aromatic carboxylic acids is 1. The molecule has 1 aromatic heterocycles. The first-order valence-electron chi connectivity index (χ1n) is 7.32. The van der Waals surface area contributed by atoms with E-state index in [1.165, 1.54) is 12.8 Å². The number of rotatable bonds is 3. The monoisotopic (exact) mass is 279 g/mol. The number of aryl methyl sites for hydroxylation is 1. The number of hydrogen-bond donors (Lipinski definition) is 1. The van der Waals surface area contributed by atoms with Crippen molar-refractivity contribution in [2.24, 2.45) is 11.3 Å². The van der Waals surface area contributed by atoms with Crippen LogP contribution in [0.4, 0.5) is 0 Å². The fourth-order valence-corrected chi connectivity index (χ4v) is 3.01. The highest BCUT2D eigenvalue weighted by atomic mass is 16.4. The molecular weight excluding hydrogens is 254 g/mol. The zero-order valence-electron chi connectivity index (χ0n) is 12.9. The van der Waals surface area contributed by atoms with Crippen molar-refractivity contribution in [2.75, 3.05) is 13.1 Å². The number of hydrogen-bond acceptors (Lipinski definition) is 3. The Labute approximate surface area is 120 Å². The lowest BCUT2D eigenvalue weighted by molar-refractivity contribution is 0.0695. The standard InChI is InChI=1S/C16H25NO3/c1-11-14(15(18)19)9-13(20-11)10-17-7-5-12(6-8-17)16(2,3)4/h9,12H,5-8,10H2,1-4H3,(H,18,19). The Hall–Kier alpha value is -1.29. The molecule has 1 saturated heterocycles. The summed E-state index contributed by atoms with van der Waals surface area (Å²) in [4.78, 5) is 13.4. The van der Waals surface area contributed by atoms with Gasteiger partial charge < -0.3 is 9.52 Å². The lowest BCUT2D eigenvalue weighted by Gasteiger charge is -2.38. The summed E-state index contributed by atoms with van der Waals surface area (Å²) >= 11 is 0. The molecule has 112 valence electrons. The first kappa shape index (κ1) is 15.1. The van der Waals surface area contributed by atoms with Crippen LogP contribution in [0.3, 0.4) is 0 Å². The van der Waals surface area contributed by atoms with Gasteiger partial charge in [-0.3, -0.25) is 4.90 Å². The summed E-state index contributed by atoms with van der Waals surface area (Å²) in [5.41, 5.74) is 0.661. The highest BCUT2D eigenvalue weighted by Gasteiger charge is 2.29. The minimum atomic E-state index is -0.913. The average molecular weight is 279 g/mol. The molecular formula is C16H25NO3. The van der Waals surface area contributed by atoms with Crippen LogP contribution in [0.5, 0.6) is 0 Å². The van der Waals surface area contributed by atoms with Gasteiger partial charge in [0.05, 0.1) is 6.54 Å². The molecule has 0 bridgehead atoms. The van der Waals surface area contributed by atoms with Crippen molar-refractivity contribution >= 4 is 5.97 Å². The van der Waals surface area contributed by atoms with Gasteiger partial charge in [0.15, 0.2) is 0 Å². The summed E-state index contributed by atoms with van der Waals surface area (Å²) in [5, 5.41) is 9.04. The van der Waals surface area contributed by atoms with Crippen LogP contribution < -0.4 is 0 Å². The van der Waals surface area contributed by atoms with Crippen LogP contribution in [0.1, 0.15) is 55.5 Å². The van der Waals surface area contributed by atoms with Crippen molar-refractivity contribution in [1.29, 1.82) is 0 Å². The van der Waals surface area contributed by atoms with Crippen molar-refractivity contribution in [3.63, 3.8) is 0 Å². The highest BCUT2D eigenvalue weighted by molar-refractivity contribution is 5.88. The van der Waals surface area contributed by atoms with Gasteiger partial charge in [0.25, 0.3) is 0 Å². The Balaban J connectivity index is 1.93. The number of carboxylic acid groups (broad SMARTS) is 1. The molecule has 0 saturated carbocycles. The second kappa shape index (κ2) is 5.60. The zero-order chi connectivity index (χ0) is 14.9. The number of carboxylic acids is 1. The maximum absolute atomic E-state index is 11.0. The smallest absolute Gasteiger partial charge is 0.339 e. The van der Waals surface area contributed by atoms with Crippen LogP contribution in [0.25, 0.3) is 0 Å². The van der Waals surface area contributed by atoms with Gasteiger partial charge in [-0.05, 0) is 50.3 Å². The highest BCUT2D eigenvalue weighted by Crippen LogP contribution is 2.34. The number of nitrogens with zero attached hydrogens (tertiary/aromatic N) is 1. The van der Waals surface area contributed by atoms with E-state index in [4.69, 9.17) is 9.52 Å². The third-order valence-electron chi connectivity index (χ3n) is 4.39. The van der Waals surface area contributed by atoms with Gasteiger partial charge in [0.1, 0.15) is 17.1 Å². The van der Waals surface area contributed by atoms with Crippen LogP contribution in [0, 0.1) is 18.3 Å². The predicted molar refractivity (Wildman–Crippen MR) is 77.9 cm³/mol. The van der Waals surface area contributed by atoms with Gasteiger partial charge in [-0.2, -0.15) is 0 Å². The van der Waals surface area contributed by atoms with E-state index in [1.807, 2.05) is 0 Å². The first-order valence-corrected chi connectivity index (χ1v) is 7.32. The molecule has 0 aliphatic carbocycles. The molecule has 1 fully saturated rings. The normalized spacial score (nSPS) is 18.4. The molecule has 1 aliphatic heterocycles. The van der Waals surface area contributed by atoms with Gasteiger partial charge in [-0.15, -0.1) is 0 Å². The van der Waals surface area contributed by atoms with Gasteiger partial charge in [-0.25, -0.2) is 4.79 Å². The molecule has 20 heavy (non-hydrogen) atoms. The molecule has 2 heterocycles. The Bertz CT molecular complexity index is 476. The Morgan fingerprint density at radius 3 is 2.45 bits per heavy atom. The maximum atomic E-state index is 11.0. The molecule has 0 atom stereocenters. The third kappa shape index (κ3) is 3.42. The van der Waals surface area contributed by atoms with Crippen LogP contribution in [0.15, 0.2) is 10.5 Å². The molecule has 1 N–H and O–H groups in total. The van der Waals surface area contributed by atoms with Gasteiger partial charge in [0.2, 0.25) is 0 Å². The van der Waals surface area contributed by atoms with E-state index in [0.717, 1.165) is 24.8 Å². The quantitative estimate of drug-likeness (QED) is 0.919. The Kier molecular flexibility index (Phi) is 4.23. The lowest BCUT2D eigenvalue weighted by Crippen LogP contribution is -2.37. The molecule has 4 nitrogen and oxygen atoms in total. The SMILES string of the molecule is Cc1oc(CN2CCC(C(C)(C)C)CC2)cc1C(=O)O. The summed E-state index contributed by atoms with van der Waals surface area (Å²) in [5.74, 6) is 1.11. The predicted octanol–water partition coefficient (Wildman–Crippen LogP) is 3.54. The number of likely N-dealkylation sites (tertiary alicyclic amines) is 1. The second-order valence-corrected chi connectivity index (χ2v) is 6.90. The molecule has 4 heteroatoms. The summed E-state index contributed by atoms with van der Waals surface area (Å²) in [6.07, 6.45) is 2.41. The van der Waals surface area contributed by atoms with Crippen molar-refractivity contribution < 1.29 is 14.3 Å². The second-order valence-electron chi connectivity index (χ2n) is 6.90. The molecule has 0 amide bonds. The van der Waals surface area contributed by atoms with Gasteiger partial charge in [0, 0.05) is 0 Å². The molecule has 0 unspecified atom stereocenters. The summed E-state index contributed by atoms with van der Waals surface area (Å²) < 4.78 is 5.55. The van der Waals surface area contributed by atoms with Gasteiger partial charge in [-0.1, -0.05) is 20.8 Å². The number of piperidine rings is 1. The van der Waals surface area contributed by atoms with Crippen molar-refractivity contribution in [3.8, 4) is 0 Å². The zero-order valence-corrected chi connectivity index (χ0v) is 12.9. The van der Waals surface area contributed by atoms with Gasteiger partial charge >= 0.3 is 5.97 Å². The number of carbonyl (C=O) groups is 1.